The van der Waals surface area contributed by atoms with E-state index in [2.05, 4.69) is 34.6 Å². The monoisotopic (exact) mass is 448 g/mol. The van der Waals surface area contributed by atoms with Crippen LogP contribution in [0.1, 0.15) is 44.2 Å². The summed E-state index contributed by atoms with van der Waals surface area (Å²) >= 11 is 0. The summed E-state index contributed by atoms with van der Waals surface area (Å²) in [7, 11) is 0. The van der Waals surface area contributed by atoms with Crippen molar-refractivity contribution in [3.05, 3.63) is 59.7 Å². The number of amides is 2. The molecule has 0 saturated heterocycles. The summed E-state index contributed by atoms with van der Waals surface area (Å²) in [6.45, 7) is 5.00. The Kier molecular flexibility index (Phi) is 7.39. The third-order valence-corrected chi connectivity index (χ3v) is 5.72. The first-order chi connectivity index (χ1) is 15.7. The Morgan fingerprint density at radius 3 is 2.18 bits per heavy atom. The normalized spacial score (nSPS) is 13.1. The Morgan fingerprint density at radius 2 is 1.64 bits per heavy atom. The van der Waals surface area contributed by atoms with Crippen LogP contribution in [0.15, 0.2) is 48.5 Å². The number of aliphatic carboxylic acids is 1. The van der Waals surface area contributed by atoms with Gasteiger partial charge in [-0.05, 0) is 43.0 Å². The predicted molar refractivity (Wildman–Crippen MR) is 124 cm³/mol. The molecule has 0 aromatic heterocycles. The van der Waals surface area contributed by atoms with E-state index < -0.39 is 29.4 Å². The number of carboxylic acids is 1. The van der Waals surface area contributed by atoms with Crippen LogP contribution in [0.4, 0.5) is 4.79 Å². The van der Waals surface area contributed by atoms with Gasteiger partial charge in [-0.15, -0.1) is 11.8 Å². The van der Waals surface area contributed by atoms with Crippen molar-refractivity contribution in [2.24, 2.45) is 5.41 Å². The number of hydrogen-bond donors (Lipinski definition) is 3. The smallest absolute Gasteiger partial charge is 0.407 e. The van der Waals surface area contributed by atoms with E-state index in [4.69, 9.17) is 4.74 Å². The number of carboxylic acid groups (broad SMARTS) is 1. The summed E-state index contributed by atoms with van der Waals surface area (Å²) in [6, 6.07) is 15.0. The minimum absolute atomic E-state index is 0.00740. The zero-order valence-corrected chi connectivity index (χ0v) is 19.0. The summed E-state index contributed by atoms with van der Waals surface area (Å²) in [4.78, 5) is 36.3. The lowest BCUT2D eigenvalue weighted by atomic mass is 9.91. The van der Waals surface area contributed by atoms with Gasteiger partial charge in [0, 0.05) is 18.9 Å². The van der Waals surface area contributed by atoms with Crippen molar-refractivity contribution in [1.29, 1.82) is 0 Å². The predicted octanol–water partition coefficient (Wildman–Crippen LogP) is 3.53. The molecule has 0 heterocycles. The van der Waals surface area contributed by atoms with E-state index in [1.54, 1.807) is 20.8 Å². The highest BCUT2D eigenvalue weighted by Gasteiger charge is 2.32. The van der Waals surface area contributed by atoms with Crippen LogP contribution < -0.4 is 10.6 Å². The second-order valence-corrected chi connectivity index (χ2v) is 8.56. The van der Waals surface area contributed by atoms with Crippen LogP contribution in [0.25, 0.3) is 11.1 Å². The maximum Gasteiger partial charge on any atom is 0.407 e. The Hall–Kier alpha value is -3.79. The van der Waals surface area contributed by atoms with Crippen LogP contribution in [-0.2, 0) is 14.3 Å². The molecule has 2 aromatic carbocycles. The Balaban J connectivity index is 1.56. The zero-order valence-electron chi connectivity index (χ0n) is 19.0. The van der Waals surface area contributed by atoms with E-state index in [9.17, 15) is 19.5 Å². The lowest BCUT2D eigenvalue weighted by Crippen LogP contribution is -2.50. The second-order valence-electron chi connectivity index (χ2n) is 8.56. The molecular weight excluding hydrogens is 420 g/mol. The van der Waals surface area contributed by atoms with Gasteiger partial charge < -0.3 is 20.5 Å². The molecule has 172 valence electrons. The number of carbonyl (C=O) groups excluding carboxylic acids is 2. The van der Waals surface area contributed by atoms with Crippen LogP contribution in [0.5, 0.6) is 0 Å². The third kappa shape index (κ3) is 5.53. The lowest BCUT2D eigenvalue weighted by Gasteiger charge is -2.25. The second kappa shape index (κ2) is 10.2. The third-order valence-electron chi connectivity index (χ3n) is 5.72. The van der Waals surface area contributed by atoms with E-state index in [1.165, 1.54) is 0 Å². The highest BCUT2D eigenvalue weighted by molar-refractivity contribution is 5.87. The molecule has 0 spiro atoms. The van der Waals surface area contributed by atoms with Gasteiger partial charge in [0.15, 0.2) is 0 Å². The maximum atomic E-state index is 12.6. The number of benzene rings is 2. The molecule has 7 nitrogen and oxygen atoms in total. The van der Waals surface area contributed by atoms with Gasteiger partial charge >= 0.3 is 12.1 Å². The molecule has 2 aromatic rings. The number of alkyl carbamates (subject to hydrolysis) is 1. The molecule has 0 saturated carbocycles. The first-order valence-electron chi connectivity index (χ1n) is 10.8. The standard InChI is InChI=1S/C26H28N2O5/c1-4-5-14-22(23(29)30)28-24(31)26(2,3)16-27-25(32)33-15-21-19-12-8-6-10-17(19)18-11-7-9-13-20(18)21/h6-13,21-22H,14-16H2,1-3H3,(H,27,32)(H,28,31)(H,29,30). The Bertz CT molecular complexity index is 1070. The van der Waals surface area contributed by atoms with Gasteiger partial charge in [0.05, 0.1) is 5.41 Å². The number of rotatable bonds is 8. The van der Waals surface area contributed by atoms with E-state index in [-0.39, 0.29) is 25.5 Å². The molecule has 0 radical (unpaired) electrons. The van der Waals surface area contributed by atoms with Gasteiger partial charge in [0.25, 0.3) is 0 Å². The van der Waals surface area contributed by atoms with Crippen molar-refractivity contribution in [2.45, 2.75) is 39.2 Å². The van der Waals surface area contributed by atoms with E-state index in [0.29, 0.717) is 0 Å². The minimum atomic E-state index is -1.16. The van der Waals surface area contributed by atoms with E-state index in [1.807, 2.05) is 36.4 Å². The van der Waals surface area contributed by atoms with E-state index in [0.717, 1.165) is 22.3 Å². The molecule has 3 rings (SSSR count). The summed E-state index contributed by atoms with van der Waals surface area (Å²) < 4.78 is 5.49. The van der Waals surface area contributed by atoms with Gasteiger partial charge in [-0.1, -0.05) is 48.5 Å². The molecule has 0 aliphatic heterocycles. The fourth-order valence-electron chi connectivity index (χ4n) is 3.78. The van der Waals surface area contributed by atoms with Gasteiger partial charge in [0.1, 0.15) is 12.6 Å². The van der Waals surface area contributed by atoms with Gasteiger partial charge in [-0.2, -0.15) is 0 Å². The van der Waals surface area contributed by atoms with Crippen molar-refractivity contribution in [1.82, 2.24) is 10.6 Å². The minimum Gasteiger partial charge on any atom is -0.480 e. The fourth-order valence-corrected chi connectivity index (χ4v) is 3.78. The van der Waals surface area contributed by atoms with Crippen molar-refractivity contribution < 1.29 is 24.2 Å². The van der Waals surface area contributed by atoms with Crippen molar-refractivity contribution in [2.75, 3.05) is 13.2 Å². The first kappa shape index (κ1) is 23.9. The van der Waals surface area contributed by atoms with Gasteiger partial charge in [0.2, 0.25) is 5.91 Å². The number of fused-ring (bicyclic) bond motifs is 3. The number of carbonyl (C=O) groups is 3. The molecular formula is C26H28N2O5. The molecule has 0 bridgehead atoms. The molecule has 1 aliphatic carbocycles. The topological polar surface area (TPSA) is 105 Å². The zero-order chi connectivity index (χ0) is 24.0. The maximum absolute atomic E-state index is 12.6. The average molecular weight is 449 g/mol. The van der Waals surface area contributed by atoms with Crippen molar-refractivity contribution >= 4 is 18.0 Å². The highest BCUT2D eigenvalue weighted by Crippen LogP contribution is 2.44. The van der Waals surface area contributed by atoms with Gasteiger partial charge in [-0.25, -0.2) is 9.59 Å². The fraction of sp³-hybridized carbons (Fsp3) is 0.346. The molecule has 1 atom stereocenters. The van der Waals surface area contributed by atoms with E-state index >= 15 is 0 Å². The van der Waals surface area contributed by atoms with Crippen molar-refractivity contribution in [3.63, 3.8) is 0 Å². The largest absolute Gasteiger partial charge is 0.480 e. The summed E-state index contributed by atoms with van der Waals surface area (Å²) in [5.74, 6) is 3.56. The molecule has 7 heteroatoms. The SMILES string of the molecule is CC#CCC(NC(=O)C(C)(C)CNC(=O)OCC1c2ccccc2-c2ccccc21)C(=O)O. The highest BCUT2D eigenvalue weighted by atomic mass is 16.5. The molecule has 1 unspecified atom stereocenters. The molecule has 3 N–H and O–H groups in total. The number of hydrogen-bond acceptors (Lipinski definition) is 4. The number of ether oxygens (including phenoxy) is 1. The van der Waals surface area contributed by atoms with Crippen LogP contribution in [0.2, 0.25) is 0 Å². The molecule has 33 heavy (non-hydrogen) atoms. The average Bonchev–Trinajstić information content (AvgIpc) is 3.12. The number of nitrogens with one attached hydrogen (secondary N) is 2. The van der Waals surface area contributed by atoms with Crippen molar-refractivity contribution in [3.8, 4) is 23.0 Å². The van der Waals surface area contributed by atoms with Crippen LogP contribution in [0, 0.1) is 17.3 Å². The molecule has 0 fully saturated rings. The molecule has 2 amide bonds. The Morgan fingerprint density at radius 1 is 1.06 bits per heavy atom. The van der Waals surface area contributed by atoms with Gasteiger partial charge in [-0.3, -0.25) is 4.79 Å². The van der Waals surface area contributed by atoms with Crippen LogP contribution in [-0.4, -0.2) is 42.3 Å². The van der Waals surface area contributed by atoms with Crippen LogP contribution in [0.3, 0.4) is 0 Å². The molecule has 1 aliphatic rings. The summed E-state index contributed by atoms with van der Waals surface area (Å²) in [6.07, 6.45) is -0.627. The lowest BCUT2D eigenvalue weighted by molar-refractivity contribution is -0.143. The quantitative estimate of drug-likeness (QED) is 0.536. The first-order valence-corrected chi connectivity index (χ1v) is 10.8. The summed E-state index contributed by atoms with van der Waals surface area (Å²) in [5, 5.41) is 14.4. The Labute approximate surface area is 193 Å². The summed E-state index contributed by atoms with van der Waals surface area (Å²) in [5.41, 5.74) is 3.46. The van der Waals surface area contributed by atoms with Crippen LogP contribution >= 0.6 is 0 Å².